The molecule has 0 saturated heterocycles. The highest BCUT2D eigenvalue weighted by Gasteiger charge is 2.43. The molecule has 4 aromatic rings. The van der Waals surface area contributed by atoms with Crippen molar-refractivity contribution < 1.29 is 14.7 Å². The number of aliphatic hydroxyl groups is 1. The van der Waals surface area contributed by atoms with Crippen molar-refractivity contribution in [2.24, 2.45) is 0 Å². The number of carbonyl (C=O) groups is 2. The Morgan fingerprint density at radius 1 is 0.700 bits per heavy atom. The van der Waals surface area contributed by atoms with Crippen molar-refractivity contribution >= 4 is 133 Å². The first-order chi connectivity index (χ1) is 18.9. The van der Waals surface area contributed by atoms with E-state index in [4.69, 9.17) is 97.8 Å². The number of fused-ring (bicyclic) bond motifs is 3. The van der Waals surface area contributed by atoms with E-state index in [2.05, 4.69) is 0 Å². The third-order valence-electron chi connectivity index (χ3n) is 6.98. The second-order valence-corrected chi connectivity index (χ2v) is 12.0. The van der Waals surface area contributed by atoms with Crippen LogP contribution in [0, 0.1) is 0 Å². The molecule has 1 aromatic heterocycles. The van der Waals surface area contributed by atoms with Crippen LogP contribution in [0.2, 0.25) is 40.2 Å². The van der Waals surface area contributed by atoms with Gasteiger partial charge in [-0.2, -0.15) is 0 Å². The molecule has 3 aromatic carbocycles. The lowest BCUT2D eigenvalue weighted by molar-refractivity contribution is 0.0926. The number of halogens is 8. The summed E-state index contributed by atoms with van der Waals surface area (Å²) in [5.41, 5.74) is 1.65. The number of pyridine rings is 1. The number of benzene rings is 3. The molecule has 202 valence electrons. The first-order valence-electron chi connectivity index (χ1n) is 11.3. The van der Waals surface area contributed by atoms with E-state index in [1.165, 1.54) is 0 Å². The summed E-state index contributed by atoms with van der Waals surface area (Å²) in [5, 5.41) is 11.6. The van der Waals surface area contributed by atoms with E-state index in [0.717, 1.165) is 4.90 Å². The third-order valence-corrected chi connectivity index (χ3v) is 10.6. The Bertz CT molecular complexity index is 1870. The molecule has 1 aliphatic carbocycles. The Hall–Kier alpha value is -1.93. The van der Waals surface area contributed by atoms with Gasteiger partial charge in [-0.15, -0.1) is 0 Å². The lowest BCUT2D eigenvalue weighted by Gasteiger charge is -2.18. The maximum atomic E-state index is 13.5. The van der Waals surface area contributed by atoms with Crippen LogP contribution in [0.3, 0.4) is 0 Å². The summed E-state index contributed by atoms with van der Waals surface area (Å²) in [6, 6.07) is 8.42. The largest absolute Gasteiger partial charge is 0.507 e. The minimum absolute atomic E-state index is 0.0176. The molecular formula is C27H10Cl8N2O3. The SMILES string of the molecule is CC1C(c2ccc3cccc(N4C(=O)c5c(Cl)c(Cl)c(Cl)c(Cl)c5C4=O)c3n2)=C(O)c2c(Cl)c(Cl)c(Cl)c(Cl)c21. The fourth-order valence-electron chi connectivity index (χ4n) is 5.14. The Balaban J connectivity index is 1.54. The van der Waals surface area contributed by atoms with E-state index >= 15 is 0 Å². The number of carbonyl (C=O) groups excluding carboxylic acids is 2. The molecule has 1 aliphatic heterocycles. The molecule has 5 nitrogen and oxygen atoms in total. The number of hydrogen-bond donors (Lipinski definition) is 1. The molecule has 1 unspecified atom stereocenters. The van der Waals surface area contributed by atoms with Crippen molar-refractivity contribution in [2.45, 2.75) is 12.8 Å². The number of aliphatic hydroxyl groups excluding tert-OH is 1. The molecule has 0 saturated carbocycles. The summed E-state index contributed by atoms with van der Waals surface area (Å²) in [4.78, 5) is 32.8. The van der Waals surface area contributed by atoms with Crippen LogP contribution in [0.15, 0.2) is 30.3 Å². The normalized spacial score (nSPS) is 16.4. The average Bonchev–Trinajstić information content (AvgIpc) is 3.35. The van der Waals surface area contributed by atoms with Crippen molar-refractivity contribution in [3.8, 4) is 0 Å². The van der Waals surface area contributed by atoms with Crippen LogP contribution in [-0.4, -0.2) is 21.9 Å². The lowest BCUT2D eigenvalue weighted by Crippen LogP contribution is -2.29. The molecule has 0 bridgehead atoms. The second-order valence-electron chi connectivity index (χ2n) is 9.03. The van der Waals surface area contributed by atoms with Gasteiger partial charge in [-0.1, -0.05) is 118 Å². The smallest absolute Gasteiger partial charge is 0.267 e. The minimum atomic E-state index is -0.739. The number of amides is 2. The van der Waals surface area contributed by atoms with Gasteiger partial charge in [0.05, 0.1) is 68.2 Å². The Kier molecular flexibility index (Phi) is 6.93. The van der Waals surface area contributed by atoms with Crippen molar-refractivity contribution in [2.75, 3.05) is 4.90 Å². The second kappa shape index (κ2) is 9.82. The van der Waals surface area contributed by atoms with Crippen LogP contribution in [0.4, 0.5) is 5.69 Å². The Morgan fingerprint density at radius 2 is 1.23 bits per heavy atom. The highest BCUT2D eigenvalue weighted by atomic mass is 35.5. The highest BCUT2D eigenvalue weighted by Crippen LogP contribution is 2.55. The molecule has 0 spiro atoms. The summed E-state index contributed by atoms with van der Waals surface area (Å²) in [6.07, 6.45) is 0. The van der Waals surface area contributed by atoms with Gasteiger partial charge < -0.3 is 5.11 Å². The van der Waals surface area contributed by atoms with Crippen LogP contribution >= 0.6 is 92.8 Å². The number of hydrogen-bond acceptors (Lipinski definition) is 4. The third kappa shape index (κ3) is 3.73. The van der Waals surface area contributed by atoms with Gasteiger partial charge in [0.2, 0.25) is 0 Å². The molecular weight excluding hydrogens is 684 g/mol. The van der Waals surface area contributed by atoms with E-state index in [0.29, 0.717) is 22.2 Å². The fourth-order valence-corrected chi connectivity index (χ4v) is 7.28. The molecule has 1 atom stereocenters. The molecule has 13 heteroatoms. The molecule has 6 rings (SSSR count). The molecule has 0 radical (unpaired) electrons. The van der Waals surface area contributed by atoms with E-state index in [1.807, 2.05) is 6.92 Å². The topological polar surface area (TPSA) is 70.5 Å². The number of aromatic nitrogens is 1. The van der Waals surface area contributed by atoms with Crippen LogP contribution in [0.5, 0.6) is 0 Å². The number of rotatable bonds is 2. The van der Waals surface area contributed by atoms with E-state index in [9.17, 15) is 14.7 Å². The molecule has 2 heterocycles. The first kappa shape index (κ1) is 28.2. The highest BCUT2D eigenvalue weighted by molar-refractivity contribution is 6.57. The summed E-state index contributed by atoms with van der Waals surface area (Å²) in [6.45, 7) is 1.81. The van der Waals surface area contributed by atoms with Gasteiger partial charge >= 0.3 is 0 Å². The van der Waals surface area contributed by atoms with E-state index in [1.54, 1.807) is 30.3 Å². The molecule has 1 N–H and O–H groups in total. The number of imide groups is 1. The fraction of sp³-hybridized carbons (Fsp3) is 0.0741. The Morgan fingerprint density at radius 3 is 1.80 bits per heavy atom. The zero-order valence-electron chi connectivity index (χ0n) is 19.6. The molecule has 40 heavy (non-hydrogen) atoms. The van der Waals surface area contributed by atoms with Gasteiger partial charge in [0.25, 0.3) is 11.8 Å². The summed E-state index contributed by atoms with van der Waals surface area (Å²) in [7, 11) is 0. The van der Waals surface area contributed by atoms with Crippen LogP contribution < -0.4 is 4.90 Å². The number of nitrogens with zero attached hydrogens (tertiary/aromatic N) is 2. The van der Waals surface area contributed by atoms with E-state index in [-0.39, 0.29) is 73.8 Å². The van der Waals surface area contributed by atoms with Crippen LogP contribution in [-0.2, 0) is 0 Å². The quantitative estimate of drug-likeness (QED) is 0.129. The maximum absolute atomic E-state index is 13.5. The Labute approximate surface area is 266 Å². The minimum Gasteiger partial charge on any atom is -0.507 e. The van der Waals surface area contributed by atoms with Crippen molar-refractivity contribution in [3.05, 3.63) is 98.5 Å². The summed E-state index contributed by atoms with van der Waals surface area (Å²) >= 11 is 50.4. The van der Waals surface area contributed by atoms with Crippen molar-refractivity contribution in [1.29, 1.82) is 0 Å². The number of allylic oxidation sites excluding steroid dienone is 1. The van der Waals surface area contributed by atoms with Gasteiger partial charge in [-0.25, -0.2) is 9.88 Å². The lowest BCUT2D eigenvalue weighted by atomic mass is 9.95. The van der Waals surface area contributed by atoms with Gasteiger partial charge in [0.1, 0.15) is 5.76 Å². The van der Waals surface area contributed by atoms with Gasteiger partial charge in [0.15, 0.2) is 0 Å². The average molecular weight is 694 g/mol. The van der Waals surface area contributed by atoms with Crippen LogP contribution in [0.1, 0.15) is 50.4 Å². The van der Waals surface area contributed by atoms with Crippen molar-refractivity contribution in [3.63, 3.8) is 0 Å². The molecule has 0 fully saturated rings. The zero-order chi connectivity index (χ0) is 28.9. The number of para-hydroxylation sites is 1. The predicted molar refractivity (Wildman–Crippen MR) is 164 cm³/mol. The van der Waals surface area contributed by atoms with Gasteiger partial charge in [0, 0.05) is 22.4 Å². The first-order valence-corrected chi connectivity index (χ1v) is 14.3. The van der Waals surface area contributed by atoms with Crippen molar-refractivity contribution in [1.82, 2.24) is 4.98 Å². The maximum Gasteiger partial charge on any atom is 0.267 e. The van der Waals surface area contributed by atoms with E-state index < -0.39 is 17.7 Å². The monoisotopic (exact) mass is 690 g/mol. The van der Waals surface area contributed by atoms with Gasteiger partial charge in [-0.3, -0.25) is 9.59 Å². The number of anilines is 1. The summed E-state index contributed by atoms with van der Waals surface area (Å²) < 4.78 is 0. The standard InChI is InChI=1S/C27H10Cl8N2O3/c1-7-11(25(38)13-12(7)16(28)20(32)21(33)17(13)29)9-6-5-8-3-2-4-10(24(8)36-9)37-26(39)14-15(27(37)40)19(31)23(35)22(34)18(14)30/h2-7,38H,1H3. The summed E-state index contributed by atoms with van der Waals surface area (Å²) in [5.74, 6) is -2.12. The molecule has 2 amide bonds. The molecule has 2 aliphatic rings. The van der Waals surface area contributed by atoms with Crippen LogP contribution in [0.25, 0.3) is 22.2 Å². The zero-order valence-corrected chi connectivity index (χ0v) is 25.7. The van der Waals surface area contributed by atoms with Gasteiger partial charge in [-0.05, 0) is 17.7 Å². The predicted octanol–water partition coefficient (Wildman–Crippen LogP) is 10.8.